The maximum absolute atomic E-state index is 13.2. The van der Waals surface area contributed by atoms with Gasteiger partial charge in [0, 0.05) is 24.8 Å². The molecule has 0 aliphatic heterocycles. The van der Waals surface area contributed by atoms with Crippen molar-refractivity contribution in [3.63, 3.8) is 0 Å². The molecule has 0 radical (unpaired) electrons. The van der Waals surface area contributed by atoms with Crippen molar-refractivity contribution >= 4 is 17.0 Å². The van der Waals surface area contributed by atoms with E-state index in [0.717, 1.165) is 6.08 Å². The van der Waals surface area contributed by atoms with E-state index in [0.29, 0.717) is 0 Å². The second kappa shape index (κ2) is 7.90. The molecule has 0 heterocycles. The minimum Gasteiger partial charge on any atom is -0.461 e. The van der Waals surface area contributed by atoms with Gasteiger partial charge >= 0.3 is 18.3 Å². The fourth-order valence-corrected chi connectivity index (χ4v) is 2.04. The maximum Gasteiger partial charge on any atom is 0.431 e. The van der Waals surface area contributed by atoms with Gasteiger partial charge in [0.05, 0.1) is 11.0 Å². The van der Waals surface area contributed by atoms with Gasteiger partial charge in [0.1, 0.15) is 6.61 Å². The van der Waals surface area contributed by atoms with Crippen LogP contribution in [0.25, 0.3) is 0 Å². The van der Waals surface area contributed by atoms with Crippen molar-refractivity contribution in [3.05, 3.63) is 12.7 Å². The third kappa shape index (κ3) is 5.91. The summed E-state index contributed by atoms with van der Waals surface area (Å²) in [5.41, 5.74) is -5.44. The van der Waals surface area contributed by atoms with Crippen LogP contribution in [-0.2, 0) is 20.5 Å². The van der Waals surface area contributed by atoms with Gasteiger partial charge in [-0.15, -0.1) is 0 Å². The molecule has 12 heteroatoms. The summed E-state index contributed by atoms with van der Waals surface area (Å²) in [5.74, 6) is -2.05. The van der Waals surface area contributed by atoms with E-state index in [4.69, 9.17) is 0 Å². The number of carbonyl (C=O) groups excluding carboxylic acids is 1. The van der Waals surface area contributed by atoms with E-state index in [2.05, 4.69) is 11.3 Å². The van der Waals surface area contributed by atoms with E-state index in [1.165, 1.54) is 0 Å². The Kier molecular flexibility index (Phi) is 7.48. The third-order valence-electron chi connectivity index (χ3n) is 2.31. The average Bonchev–Trinajstić information content (AvgIpc) is 2.37. The van der Waals surface area contributed by atoms with E-state index in [1.54, 1.807) is 0 Å². The summed E-state index contributed by atoms with van der Waals surface area (Å²) in [6, 6.07) is 0. The lowest BCUT2D eigenvalue weighted by atomic mass is 10.0. The number of rotatable bonds is 8. The number of halogens is 7. The zero-order valence-corrected chi connectivity index (χ0v) is 11.7. The number of esters is 1. The van der Waals surface area contributed by atoms with Gasteiger partial charge in [-0.1, -0.05) is 6.58 Å². The van der Waals surface area contributed by atoms with Crippen LogP contribution < -0.4 is 4.72 Å². The average molecular weight is 359 g/mol. The summed E-state index contributed by atoms with van der Waals surface area (Å²) in [7, 11) is -2.36. The molecule has 1 N–H and O–H groups in total. The van der Waals surface area contributed by atoms with Crippen LogP contribution in [0.1, 0.15) is 6.42 Å². The quantitative estimate of drug-likeness (QED) is 0.313. The van der Waals surface area contributed by atoms with Crippen molar-refractivity contribution < 1.29 is 44.5 Å². The molecule has 0 aromatic rings. The van der Waals surface area contributed by atoms with Crippen LogP contribution in [0.5, 0.6) is 0 Å². The van der Waals surface area contributed by atoms with Crippen LogP contribution in [-0.4, -0.2) is 47.1 Å². The SMILES string of the molecule is C=CC(=O)OCCNS(=O)CCC(F)(C(F)(F)F)C(F)(F)F. The van der Waals surface area contributed by atoms with Crippen LogP contribution in [0.2, 0.25) is 0 Å². The zero-order valence-electron chi connectivity index (χ0n) is 10.9. The van der Waals surface area contributed by atoms with Crippen molar-refractivity contribution in [2.45, 2.75) is 24.4 Å². The lowest BCUT2D eigenvalue weighted by Crippen LogP contribution is -2.54. The molecule has 0 fully saturated rings. The standard InChI is InChI=1S/C10H12F7NO3S/c1-2-7(19)21-5-4-18-22(20)6-3-8(11,9(12,13)14)10(15,16)17/h2,18H,1,3-6H2. The Balaban J connectivity index is 4.42. The molecule has 0 saturated carbocycles. The number of hydrogen-bond acceptors (Lipinski definition) is 3. The second-order valence-electron chi connectivity index (χ2n) is 3.86. The largest absolute Gasteiger partial charge is 0.461 e. The topological polar surface area (TPSA) is 55.4 Å². The molecule has 0 amide bonds. The Morgan fingerprint density at radius 2 is 1.64 bits per heavy atom. The summed E-state index contributed by atoms with van der Waals surface area (Å²) in [6.07, 6.45) is -13.6. The molecule has 0 aromatic carbocycles. The van der Waals surface area contributed by atoms with Crippen LogP contribution in [0.15, 0.2) is 12.7 Å². The molecule has 0 spiro atoms. The number of nitrogens with one attached hydrogen (secondary N) is 1. The highest BCUT2D eigenvalue weighted by Crippen LogP contribution is 2.48. The molecule has 0 aliphatic carbocycles. The van der Waals surface area contributed by atoms with Crippen molar-refractivity contribution in [1.29, 1.82) is 0 Å². The number of hydrogen-bond donors (Lipinski definition) is 1. The Hall–Kier alpha value is -1.17. The highest BCUT2D eigenvalue weighted by molar-refractivity contribution is 7.83. The van der Waals surface area contributed by atoms with Crippen molar-refractivity contribution in [2.75, 3.05) is 18.9 Å². The first-order valence-electron chi connectivity index (χ1n) is 5.58. The highest BCUT2D eigenvalue weighted by atomic mass is 32.2. The van der Waals surface area contributed by atoms with Gasteiger partial charge in [-0.2, -0.15) is 26.3 Å². The Labute approximate surface area is 123 Å². The van der Waals surface area contributed by atoms with Gasteiger partial charge in [-0.3, -0.25) is 0 Å². The number of alkyl halides is 7. The van der Waals surface area contributed by atoms with Gasteiger partial charge in [-0.25, -0.2) is 18.1 Å². The molecule has 22 heavy (non-hydrogen) atoms. The minimum absolute atomic E-state index is 0.302. The number of ether oxygens (including phenoxy) is 1. The molecule has 1 atom stereocenters. The lowest BCUT2D eigenvalue weighted by molar-refractivity contribution is -0.341. The Morgan fingerprint density at radius 1 is 1.14 bits per heavy atom. The van der Waals surface area contributed by atoms with Gasteiger partial charge in [0.15, 0.2) is 0 Å². The molecule has 0 rings (SSSR count). The fraction of sp³-hybridized carbons (Fsp3) is 0.700. The Morgan fingerprint density at radius 3 is 2.05 bits per heavy atom. The number of carbonyl (C=O) groups is 1. The molecular formula is C10H12F7NO3S. The normalized spacial score (nSPS) is 14.5. The molecule has 0 bridgehead atoms. The van der Waals surface area contributed by atoms with E-state index in [9.17, 15) is 39.7 Å². The van der Waals surface area contributed by atoms with Crippen molar-refractivity contribution in [1.82, 2.24) is 4.72 Å². The van der Waals surface area contributed by atoms with Gasteiger partial charge in [-0.05, 0) is 0 Å². The smallest absolute Gasteiger partial charge is 0.431 e. The van der Waals surface area contributed by atoms with Gasteiger partial charge in [0.2, 0.25) is 0 Å². The third-order valence-corrected chi connectivity index (χ3v) is 3.41. The summed E-state index contributed by atoms with van der Waals surface area (Å²) < 4.78 is 104. The summed E-state index contributed by atoms with van der Waals surface area (Å²) >= 11 is 0. The van der Waals surface area contributed by atoms with E-state index in [1.807, 2.05) is 4.72 Å². The second-order valence-corrected chi connectivity index (χ2v) is 5.25. The predicted octanol–water partition coefficient (Wildman–Crippen LogP) is 2.19. The summed E-state index contributed by atoms with van der Waals surface area (Å²) in [5, 5.41) is 0. The summed E-state index contributed by atoms with van der Waals surface area (Å²) in [4.78, 5) is 10.6. The van der Waals surface area contributed by atoms with E-state index >= 15 is 0 Å². The van der Waals surface area contributed by atoms with Crippen molar-refractivity contribution in [2.24, 2.45) is 0 Å². The molecule has 1 unspecified atom stereocenters. The van der Waals surface area contributed by atoms with Crippen molar-refractivity contribution in [3.8, 4) is 0 Å². The zero-order chi connectivity index (χ0) is 17.6. The van der Waals surface area contributed by atoms with Crippen LogP contribution in [0.3, 0.4) is 0 Å². The fourth-order valence-electron chi connectivity index (χ4n) is 1.12. The molecular weight excluding hydrogens is 347 g/mol. The van der Waals surface area contributed by atoms with E-state index in [-0.39, 0.29) is 13.2 Å². The lowest BCUT2D eigenvalue weighted by Gasteiger charge is -2.29. The van der Waals surface area contributed by atoms with Gasteiger partial charge < -0.3 is 4.74 Å². The molecule has 0 aliphatic rings. The van der Waals surface area contributed by atoms with Crippen LogP contribution in [0.4, 0.5) is 30.7 Å². The molecule has 130 valence electrons. The maximum atomic E-state index is 13.2. The Bertz CT molecular complexity index is 408. The first-order valence-corrected chi connectivity index (χ1v) is 6.90. The van der Waals surface area contributed by atoms with Gasteiger partial charge in [0.25, 0.3) is 5.67 Å². The highest BCUT2D eigenvalue weighted by Gasteiger charge is 2.71. The predicted molar refractivity (Wildman–Crippen MR) is 62.7 cm³/mol. The minimum atomic E-state index is -6.17. The van der Waals surface area contributed by atoms with Crippen LogP contribution >= 0.6 is 0 Å². The molecule has 0 saturated heterocycles. The summed E-state index contributed by atoms with van der Waals surface area (Å²) in [6.45, 7) is 2.43. The first kappa shape index (κ1) is 20.8. The molecule has 4 nitrogen and oxygen atoms in total. The monoisotopic (exact) mass is 359 g/mol. The van der Waals surface area contributed by atoms with Crippen LogP contribution in [0, 0.1) is 0 Å². The first-order chi connectivity index (χ1) is 9.85. The van der Waals surface area contributed by atoms with E-state index < -0.39 is 47.1 Å². The molecule has 0 aromatic heterocycles.